The van der Waals surface area contributed by atoms with Gasteiger partial charge < -0.3 is 15.8 Å². The maximum Gasteiger partial charge on any atom is 0.193 e. The van der Waals surface area contributed by atoms with Crippen molar-refractivity contribution in [3.05, 3.63) is 48.0 Å². The van der Waals surface area contributed by atoms with Gasteiger partial charge in [0.15, 0.2) is 5.96 Å². The Kier molecular flexibility index (Phi) is 5.95. The van der Waals surface area contributed by atoms with Crippen LogP contribution in [0, 0.1) is 11.6 Å². The molecule has 0 bridgehead atoms. The molecule has 126 valence electrons. The van der Waals surface area contributed by atoms with Crippen LogP contribution in [0.2, 0.25) is 0 Å². The van der Waals surface area contributed by atoms with E-state index in [2.05, 4.69) is 22.9 Å². The summed E-state index contributed by atoms with van der Waals surface area (Å²) in [7, 11) is 1.56. The fraction of sp³-hybridized carbons (Fsp3) is 0.188. The van der Waals surface area contributed by atoms with Crippen molar-refractivity contribution in [2.45, 2.75) is 4.90 Å². The molecule has 3 N–H and O–H groups in total. The average molecular weight is 341 g/mol. The number of para-hydroxylation sites is 1. The highest BCUT2D eigenvalue weighted by Crippen LogP contribution is 2.34. The first-order valence-corrected chi connectivity index (χ1v) is 7.31. The third-order valence-electron chi connectivity index (χ3n) is 3.09. The van der Waals surface area contributed by atoms with Crippen molar-refractivity contribution >= 4 is 24.3 Å². The fourth-order valence-corrected chi connectivity index (χ4v) is 2.29. The second-order valence-electron chi connectivity index (χ2n) is 4.71. The Labute approximate surface area is 141 Å². The van der Waals surface area contributed by atoms with Gasteiger partial charge in [-0.1, -0.05) is 12.1 Å². The van der Waals surface area contributed by atoms with Gasteiger partial charge in [0, 0.05) is 26.0 Å². The number of thiol groups is 1. The lowest BCUT2D eigenvalue weighted by molar-refractivity contribution is 0.208. The standard InChI is InChI=1S/C16H17F2N3OS.2H2/c1-22-8-7-20-16(19)21-15-11(3-2-4-14(15)23)12-9-10(17)5-6-13(12)18;;/h2-6,9,23H,7-8H2,1H3,(H3,19,20,21);2*1H. The molecule has 2 rings (SSSR count). The first-order valence-electron chi connectivity index (χ1n) is 6.86. The Bertz CT molecular complexity index is 733. The molecule has 0 amide bonds. The zero-order valence-electron chi connectivity index (χ0n) is 12.5. The average Bonchev–Trinajstić information content (AvgIpc) is 2.52. The number of ether oxygens (including phenoxy) is 1. The number of nitrogens with zero attached hydrogens (tertiary/aromatic N) is 1. The Morgan fingerprint density at radius 2 is 2.09 bits per heavy atom. The van der Waals surface area contributed by atoms with E-state index < -0.39 is 11.6 Å². The molecule has 23 heavy (non-hydrogen) atoms. The van der Waals surface area contributed by atoms with Gasteiger partial charge in [-0.15, -0.1) is 12.6 Å². The maximum absolute atomic E-state index is 14.1. The molecule has 0 saturated carbocycles. The normalized spacial score (nSPS) is 11.6. The SMILES string of the molecule is COCCN=C(N)Nc1c(S)cccc1-c1cc(F)ccc1F.[HH].[HH]. The van der Waals surface area contributed by atoms with E-state index in [-0.39, 0.29) is 14.4 Å². The molecule has 0 spiro atoms. The molecule has 4 nitrogen and oxygen atoms in total. The molecule has 0 fully saturated rings. The summed E-state index contributed by atoms with van der Waals surface area (Å²) in [5.74, 6) is -0.927. The highest BCUT2D eigenvalue weighted by molar-refractivity contribution is 7.80. The summed E-state index contributed by atoms with van der Waals surface area (Å²) >= 11 is 4.35. The first kappa shape index (κ1) is 17.2. The lowest BCUT2D eigenvalue weighted by atomic mass is 10.0. The Morgan fingerprint density at radius 3 is 2.83 bits per heavy atom. The lowest BCUT2D eigenvalue weighted by Crippen LogP contribution is -2.24. The topological polar surface area (TPSA) is 59.6 Å². The third-order valence-corrected chi connectivity index (χ3v) is 3.46. The van der Waals surface area contributed by atoms with Crippen LogP contribution in [-0.4, -0.2) is 26.2 Å². The summed E-state index contributed by atoms with van der Waals surface area (Å²) < 4.78 is 32.4. The van der Waals surface area contributed by atoms with Gasteiger partial charge in [-0.05, 0) is 24.3 Å². The number of benzene rings is 2. The number of guanidine groups is 1. The smallest absolute Gasteiger partial charge is 0.193 e. The number of nitrogens with one attached hydrogen (secondary N) is 1. The number of rotatable bonds is 5. The van der Waals surface area contributed by atoms with Gasteiger partial charge in [-0.3, -0.25) is 4.99 Å². The highest BCUT2D eigenvalue weighted by atomic mass is 32.1. The van der Waals surface area contributed by atoms with E-state index in [1.165, 1.54) is 0 Å². The Balaban J connectivity index is 0.00000288. The minimum atomic E-state index is -0.539. The molecule has 0 heterocycles. The van der Waals surface area contributed by atoms with Crippen molar-refractivity contribution < 1.29 is 16.4 Å². The number of nitrogens with two attached hydrogens (primary N) is 1. The van der Waals surface area contributed by atoms with Crippen LogP contribution in [0.3, 0.4) is 0 Å². The summed E-state index contributed by atoms with van der Waals surface area (Å²) in [6.45, 7) is 0.810. The van der Waals surface area contributed by atoms with Gasteiger partial charge in [0.05, 0.1) is 18.8 Å². The summed E-state index contributed by atoms with van der Waals surface area (Å²) in [4.78, 5) is 4.62. The van der Waals surface area contributed by atoms with E-state index in [9.17, 15) is 8.78 Å². The van der Waals surface area contributed by atoms with E-state index in [0.29, 0.717) is 29.3 Å². The van der Waals surface area contributed by atoms with Gasteiger partial charge >= 0.3 is 0 Å². The molecule has 0 aromatic heterocycles. The van der Waals surface area contributed by atoms with Crippen molar-refractivity contribution in [2.24, 2.45) is 10.7 Å². The van der Waals surface area contributed by atoms with Gasteiger partial charge in [-0.2, -0.15) is 0 Å². The molecule has 7 heteroatoms. The van der Waals surface area contributed by atoms with Crippen LogP contribution in [0.15, 0.2) is 46.3 Å². The number of aliphatic imine (C=N–C) groups is 1. The first-order chi connectivity index (χ1) is 11.0. The number of anilines is 1. The zero-order chi connectivity index (χ0) is 16.8. The van der Waals surface area contributed by atoms with Gasteiger partial charge in [0.25, 0.3) is 0 Å². The number of hydrogen-bond donors (Lipinski definition) is 3. The molecule has 2 aromatic rings. The summed E-state index contributed by atoms with van der Waals surface area (Å²) in [6.07, 6.45) is 0. The minimum Gasteiger partial charge on any atom is -0.383 e. The second-order valence-corrected chi connectivity index (χ2v) is 5.19. The lowest BCUT2D eigenvalue weighted by Gasteiger charge is -2.15. The van der Waals surface area contributed by atoms with Crippen molar-refractivity contribution in [2.75, 3.05) is 25.6 Å². The van der Waals surface area contributed by atoms with Crippen LogP contribution < -0.4 is 11.1 Å². The molecule has 0 saturated heterocycles. The molecular weight excluding hydrogens is 320 g/mol. The summed E-state index contributed by atoms with van der Waals surface area (Å²) in [5.41, 5.74) is 6.83. The molecule has 0 aliphatic heterocycles. The number of hydrogen-bond acceptors (Lipinski definition) is 3. The predicted molar refractivity (Wildman–Crippen MR) is 95.3 cm³/mol. The van der Waals surface area contributed by atoms with E-state index in [4.69, 9.17) is 10.5 Å². The predicted octanol–water partition coefficient (Wildman–Crippen LogP) is 3.79. The van der Waals surface area contributed by atoms with Gasteiger partial charge in [0.1, 0.15) is 11.6 Å². The third kappa shape index (κ3) is 4.43. The number of halogens is 2. The van der Waals surface area contributed by atoms with Crippen LogP contribution in [0.5, 0.6) is 0 Å². The summed E-state index contributed by atoms with van der Waals surface area (Å²) in [5, 5.41) is 2.89. The molecule has 2 aromatic carbocycles. The van der Waals surface area contributed by atoms with Crippen LogP contribution in [0.25, 0.3) is 11.1 Å². The molecule has 0 atom stereocenters. The van der Waals surface area contributed by atoms with Crippen LogP contribution in [0.4, 0.5) is 14.5 Å². The minimum absolute atomic E-state index is 0. The van der Waals surface area contributed by atoms with Gasteiger partial charge in [0.2, 0.25) is 0 Å². The Hall–Kier alpha value is -2.12. The zero-order valence-corrected chi connectivity index (χ0v) is 13.4. The van der Waals surface area contributed by atoms with Crippen molar-refractivity contribution in [1.29, 1.82) is 0 Å². The molecule has 0 aliphatic carbocycles. The largest absolute Gasteiger partial charge is 0.383 e. The van der Waals surface area contributed by atoms with E-state index in [0.717, 1.165) is 18.2 Å². The van der Waals surface area contributed by atoms with Crippen molar-refractivity contribution in [1.82, 2.24) is 0 Å². The van der Waals surface area contributed by atoms with Crippen molar-refractivity contribution in [3.8, 4) is 11.1 Å². The highest BCUT2D eigenvalue weighted by Gasteiger charge is 2.14. The van der Waals surface area contributed by atoms with Gasteiger partial charge in [-0.25, -0.2) is 8.78 Å². The summed E-state index contributed by atoms with van der Waals surface area (Å²) in [6, 6.07) is 8.34. The quantitative estimate of drug-likeness (QED) is 0.336. The Morgan fingerprint density at radius 1 is 1.30 bits per heavy atom. The molecular formula is C16H21F2N3OS. The van der Waals surface area contributed by atoms with Crippen LogP contribution in [0.1, 0.15) is 2.85 Å². The maximum atomic E-state index is 14.1. The van der Waals surface area contributed by atoms with Crippen molar-refractivity contribution in [3.63, 3.8) is 0 Å². The monoisotopic (exact) mass is 341 g/mol. The molecule has 0 radical (unpaired) electrons. The number of methoxy groups -OCH3 is 1. The van der Waals surface area contributed by atoms with E-state index >= 15 is 0 Å². The fourth-order valence-electron chi connectivity index (χ4n) is 2.02. The van der Waals surface area contributed by atoms with Crippen LogP contribution >= 0.6 is 12.6 Å². The second kappa shape index (κ2) is 7.94. The van der Waals surface area contributed by atoms with E-state index in [1.807, 2.05) is 0 Å². The molecule has 0 unspecified atom stereocenters. The van der Waals surface area contributed by atoms with E-state index in [1.54, 1.807) is 25.3 Å². The van der Waals surface area contributed by atoms with Crippen LogP contribution in [-0.2, 0) is 4.74 Å². The molecule has 0 aliphatic rings.